The van der Waals surface area contributed by atoms with Crippen molar-refractivity contribution in [1.29, 1.82) is 0 Å². The van der Waals surface area contributed by atoms with Crippen LogP contribution in [0.15, 0.2) is 30.3 Å². The number of halogens is 1. The van der Waals surface area contributed by atoms with Crippen LogP contribution in [0.3, 0.4) is 0 Å². The van der Waals surface area contributed by atoms with Gasteiger partial charge < -0.3 is 0 Å². The molecule has 0 heterocycles. The van der Waals surface area contributed by atoms with E-state index in [1.807, 2.05) is 0 Å². The second-order valence-corrected chi connectivity index (χ2v) is 7.38. The molecule has 0 radical (unpaired) electrons. The fourth-order valence-corrected chi connectivity index (χ4v) is 4.87. The van der Waals surface area contributed by atoms with Crippen LogP contribution in [-0.4, -0.2) is 0 Å². The first kappa shape index (κ1) is 15.1. The first-order valence-electron chi connectivity index (χ1n) is 8.43. The molecule has 2 aromatic rings. The van der Waals surface area contributed by atoms with E-state index in [1.165, 1.54) is 49.5 Å². The maximum atomic E-state index is 4.05. The van der Waals surface area contributed by atoms with Gasteiger partial charge in [-0.1, -0.05) is 73.0 Å². The van der Waals surface area contributed by atoms with Gasteiger partial charge in [-0.2, -0.15) is 0 Å². The maximum Gasteiger partial charge on any atom is 0.0429 e. The van der Waals surface area contributed by atoms with Crippen LogP contribution in [0.25, 0.3) is 10.8 Å². The quantitative estimate of drug-likeness (QED) is 0.518. The average molecular weight is 345 g/mol. The Morgan fingerprint density at radius 2 is 1.62 bits per heavy atom. The van der Waals surface area contributed by atoms with Crippen LogP contribution in [0.1, 0.15) is 61.0 Å². The van der Waals surface area contributed by atoms with Crippen LogP contribution in [0.5, 0.6) is 0 Å². The van der Waals surface area contributed by atoms with Crippen LogP contribution < -0.4 is 0 Å². The third kappa shape index (κ3) is 2.77. The predicted octanol–water partition coefficient (Wildman–Crippen LogP) is 6.59. The minimum atomic E-state index is 0.488. The molecule has 1 atom stereocenters. The van der Waals surface area contributed by atoms with Crippen LogP contribution >= 0.6 is 15.9 Å². The fraction of sp³-hybridized carbons (Fsp3) is 0.500. The van der Waals surface area contributed by atoms with Crippen molar-refractivity contribution in [2.45, 2.75) is 57.2 Å². The van der Waals surface area contributed by atoms with Crippen LogP contribution in [0.2, 0.25) is 0 Å². The van der Waals surface area contributed by atoms with E-state index in [0.29, 0.717) is 4.83 Å². The summed E-state index contributed by atoms with van der Waals surface area (Å²) in [6.45, 7) is 4.60. The lowest BCUT2D eigenvalue weighted by molar-refractivity contribution is 0.436. The van der Waals surface area contributed by atoms with Gasteiger partial charge in [0, 0.05) is 4.83 Å². The number of aryl methyl sites for hydroxylation is 2. The summed E-state index contributed by atoms with van der Waals surface area (Å²) >= 11 is 4.05. The molecular weight excluding hydrogens is 320 g/mol. The van der Waals surface area contributed by atoms with Gasteiger partial charge >= 0.3 is 0 Å². The largest absolute Gasteiger partial charge is 0.0836 e. The first-order valence-corrected chi connectivity index (χ1v) is 9.35. The molecule has 3 rings (SSSR count). The highest BCUT2D eigenvalue weighted by atomic mass is 79.9. The molecule has 0 bridgehead atoms. The third-order valence-electron chi connectivity index (χ3n) is 4.94. The van der Waals surface area contributed by atoms with Crippen LogP contribution in [0, 0.1) is 5.92 Å². The molecule has 0 fully saturated rings. The normalized spacial score (nSPS) is 15.0. The van der Waals surface area contributed by atoms with Crippen molar-refractivity contribution in [3.05, 3.63) is 47.0 Å². The molecule has 0 aromatic heterocycles. The smallest absolute Gasteiger partial charge is 0.0429 e. The Bertz CT molecular complexity index is 613. The summed E-state index contributed by atoms with van der Waals surface area (Å²) in [5.41, 5.74) is 4.60. The molecule has 0 saturated heterocycles. The highest BCUT2D eigenvalue weighted by Crippen LogP contribution is 2.42. The van der Waals surface area contributed by atoms with Crippen molar-refractivity contribution < 1.29 is 0 Å². The highest BCUT2D eigenvalue weighted by molar-refractivity contribution is 9.09. The number of hydrogen-bond acceptors (Lipinski definition) is 0. The lowest BCUT2D eigenvalue weighted by Gasteiger charge is -2.24. The van der Waals surface area contributed by atoms with Gasteiger partial charge in [-0.05, 0) is 59.1 Å². The number of rotatable bonds is 6. The Morgan fingerprint density at radius 1 is 0.952 bits per heavy atom. The molecule has 0 nitrogen and oxygen atoms in total. The topological polar surface area (TPSA) is 0 Å². The standard InChI is InChI=1S/C20H25Br/c1-3-6-16(7-4-2)20(21)18-13-12-15-11-10-14-8-5-9-17(18)19(14)15/h5,8-9,12-13,16,20H,3-4,6-7,10-11H2,1-2H3. The van der Waals surface area contributed by atoms with E-state index in [1.54, 1.807) is 16.5 Å². The summed E-state index contributed by atoms with van der Waals surface area (Å²) in [6, 6.07) is 11.6. The zero-order valence-electron chi connectivity index (χ0n) is 13.2. The Morgan fingerprint density at radius 3 is 2.29 bits per heavy atom. The molecule has 21 heavy (non-hydrogen) atoms. The number of benzene rings is 2. The van der Waals surface area contributed by atoms with Crippen molar-refractivity contribution in [2.75, 3.05) is 0 Å². The molecule has 1 unspecified atom stereocenters. The Hall–Kier alpha value is -0.820. The van der Waals surface area contributed by atoms with Crippen LogP contribution in [0.4, 0.5) is 0 Å². The summed E-state index contributed by atoms with van der Waals surface area (Å²) in [5, 5.41) is 3.03. The minimum absolute atomic E-state index is 0.488. The summed E-state index contributed by atoms with van der Waals surface area (Å²) in [6.07, 6.45) is 7.61. The molecule has 0 aliphatic heterocycles. The Labute approximate surface area is 137 Å². The van der Waals surface area contributed by atoms with E-state index >= 15 is 0 Å². The van der Waals surface area contributed by atoms with Crippen molar-refractivity contribution >= 4 is 26.7 Å². The van der Waals surface area contributed by atoms with Gasteiger partial charge in [-0.3, -0.25) is 0 Å². The SMILES string of the molecule is CCCC(CCC)C(Br)c1ccc2c3c(cccc13)CC2. The summed E-state index contributed by atoms with van der Waals surface area (Å²) in [4.78, 5) is 0.488. The molecule has 1 aliphatic rings. The summed E-state index contributed by atoms with van der Waals surface area (Å²) in [5.74, 6) is 0.749. The van der Waals surface area contributed by atoms with E-state index < -0.39 is 0 Å². The van der Waals surface area contributed by atoms with Gasteiger partial charge in [0.2, 0.25) is 0 Å². The van der Waals surface area contributed by atoms with Gasteiger partial charge in [-0.15, -0.1) is 0 Å². The Kier molecular flexibility index (Phi) is 4.69. The van der Waals surface area contributed by atoms with Crippen molar-refractivity contribution in [3.8, 4) is 0 Å². The molecule has 0 amide bonds. The monoisotopic (exact) mass is 344 g/mol. The van der Waals surface area contributed by atoms with Gasteiger partial charge in [0.1, 0.15) is 0 Å². The minimum Gasteiger partial charge on any atom is -0.0836 e. The zero-order valence-corrected chi connectivity index (χ0v) is 14.7. The van der Waals surface area contributed by atoms with Crippen LogP contribution in [-0.2, 0) is 12.8 Å². The van der Waals surface area contributed by atoms with Gasteiger partial charge in [0.15, 0.2) is 0 Å². The van der Waals surface area contributed by atoms with Gasteiger partial charge in [-0.25, -0.2) is 0 Å². The van der Waals surface area contributed by atoms with E-state index in [2.05, 4.69) is 60.1 Å². The van der Waals surface area contributed by atoms with Gasteiger partial charge in [0.25, 0.3) is 0 Å². The highest BCUT2D eigenvalue weighted by Gasteiger charge is 2.23. The molecule has 2 aromatic carbocycles. The van der Waals surface area contributed by atoms with Crippen molar-refractivity contribution in [1.82, 2.24) is 0 Å². The first-order chi connectivity index (χ1) is 10.3. The van der Waals surface area contributed by atoms with E-state index in [0.717, 1.165) is 5.92 Å². The second-order valence-electron chi connectivity index (χ2n) is 6.39. The summed E-state index contributed by atoms with van der Waals surface area (Å²) < 4.78 is 0. The molecule has 112 valence electrons. The lowest BCUT2D eigenvalue weighted by Crippen LogP contribution is -2.08. The molecule has 1 heteroatoms. The second kappa shape index (κ2) is 6.52. The van der Waals surface area contributed by atoms with Gasteiger partial charge in [0.05, 0.1) is 0 Å². The van der Waals surface area contributed by atoms with Crippen molar-refractivity contribution in [2.24, 2.45) is 5.92 Å². The fourth-order valence-electron chi connectivity index (χ4n) is 3.94. The number of alkyl halides is 1. The molecule has 0 N–H and O–H groups in total. The Balaban J connectivity index is 2.04. The lowest BCUT2D eigenvalue weighted by atomic mass is 9.88. The third-order valence-corrected chi connectivity index (χ3v) is 6.18. The number of hydrogen-bond donors (Lipinski definition) is 0. The zero-order chi connectivity index (χ0) is 14.8. The molecule has 1 aliphatic carbocycles. The van der Waals surface area contributed by atoms with E-state index in [9.17, 15) is 0 Å². The van der Waals surface area contributed by atoms with E-state index in [4.69, 9.17) is 0 Å². The molecular formula is C20H25Br. The van der Waals surface area contributed by atoms with E-state index in [-0.39, 0.29) is 0 Å². The predicted molar refractivity (Wildman–Crippen MR) is 96.3 cm³/mol. The molecule has 0 spiro atoms. The maximum absolute atomic E-state index is 4.05. The summed E-state index contributed by atoms with van der Waals surface area (Å²) in [7, 11) is 0. The van der Waals surface area contributed by atoms with Crippen molar-refractivity contribution in [3.63, 3.8) is 0 Å². The average Bonchev–Trinajstić information content (AvgIpc) is 2.92. The molecule has 0 saturated carbocycles.